The molecule has 0 bridgehead atoms. The second kappa shape index (κ2) is 5.01. The summed E-state index contributed by atoms with van der Waals surface area (Å²) in [6, 6.07) is 1.68. The van der Waals surface area contributed by atoms with E-state index in [9.17, 15) is 4.39 Å². The third kappa shape index (κ3) is 2.84. The highest BCUT2D eigenvalue weighted by Gasteiger charge is 2.05. The van der Waals surface area contributed by atoms with E-state index in [1.54, 1.807) is 12.3 Å². The lowest BCUT2D eigenvalue weighted by atomic mass is 10.4. The fraction of sp³-hybridized carbons (Fsp3) is 0.375. The molecular weight excluding hydrogens is 241 g/mol. The quantitative estimate of drug-likeness (QED) is 0.820. The fourth-order valence-corrected chi connectivity index (χ4v) is 1.12. The monoisotopic (exact) mass is 249 g/mol. The predicted octanol–water partition coefficient (Wildman–Crippen LogP) is 2.20. The highest BCUT2D eigenvalue weighted by molar-refractivity contribution is 9.10. The largest absolute Gasteiger partial charge is 0.485 e. The lowest BCUT2D eigenvalue weighted by Gasteiger charge is -2.07. The van der Waals surface area contributed by atoms with Crippen molar-refractivity contribution in [2.24, 2.45) is 0 Å². The van der Waals surface area contributed by atoms with Crippen molar-refractivity contribution in [1.29, 1.82) is 0 Å². The van der Waals surface area contributed by atoms with Gasteiger partial charge in [-0.15, -0.1) is 0 Å². The predicted molar refractivity (Wildman–Crippen MR) is 50.0 cm³/mol. The summed E-state index contributed by atoms with van der Waals surface area (Å²) in [4.78, 5) is 3.93. The van der Waals surface area contributed by atoms with Crippen molar-refractivity contribution < 1.29 is 13.9 Å². The molecule has 0 fully saturated rings. The molecule has 1 aromatic heterocycles. The molecular formula is C8H9BrFNO2. The molecule has 0 aliphatic carbocycles. The maximum atomic E-state index is 11.8. The van der Waals surface area contributed by atoms with Gasteiger partial charge in [0.1, 0.15) is 13.3 Å². The Balaban J connectivity index is 2.81. The number of alkyl halides is 1. The molecule has 0 saturated heterocycles. The maximum Gasteiger partial charge on any atom is 0.256 e. The van der Waals surface area contributed by atoms with Crippen molar-refractivity contribution in [3.63, 3.8) is 0 Å². The van der Waals surface area contributed by atoms with E-state index in [0.717, 1.165) is 4.47 Å². The Hall–Kier alpha value is -0.840. The summed E-state index contributed by atoms with van der Waals surface area (Å²) in [5.74, 6) is 0.797. The van der Waals surface area contributed by atoms with E-state index < -0.39 is 6.67 Å². The van der Waals surface area contributed by atoms with Gasteiger partial charge in [-0.1, -0.05) is 0 Å². The summed E-state index contributed by atoms with van der Waals surface area (Å²) in [5, 5.41) is 0. The molecule has 0 unspecified atom stereocenters. The second-order valence-corrected chi connectivity index (χ2v) is 3.11. The zero-order valence-electron chi connectivity index (χ0n) is 7.09. The van der Waals surface area contributed by atoms with Crippen LogP contribution in [0.2, 0.25) is 0 Å². The molecule has 13 heavy (non-hydrogen) atoms. The Morgan fingerprint density at radius 1 is 1.62 bits per heavy atom. The molecule has 0 aliphatic rings. The van der Waals surface area contributed by atoms with Crippen LogP contribution in [0.15, 0.2) is 16.7 Å². The molecule has 0 spiro atoms. The van der Waals surface area contributed by atoms with Crippen LogP contribution in [0.1, 0.15) is 0 Å². The summed E-state index contributed by atoms with van der Waals surface area (Å²) >= 11 is 3.23. The molecule has 0 aromatic carbocycles. The molecule has 3 nitrogen and oxygen atoms in total. The molecule has 0 aliphatic heterocycles. The number of aromatic nitrogens is 1. The zero-order chi connectivity index (χ0) is 9.68. The Labute approximate surface area is 84.0 Å². The Bertz CT molecular complexity index is 283. The molecule has 5 heteroatoms. The summed E-state index contributed by atoms with van der Waals surface area (Å²) in [7, 11) is 1.48. The number of rotatable bonds is 4. The lowest BCUT2D eigenvalue weighted by molar-refractivity contribution is 0.256. The van der Waals surface area contributed by atoms with Crippen LogP contribution in [0.4, 0.5) is 4.39 Å². The first-order chi connectivity index (χ1) is 6.27. The van der Waals surface area contributed by atoms with Gasteiger partial charge in [-0.3, -0.25) is 0 Å². The zero-order valence-corrected chi connectivity index (χ0v) is 8.67. The van der Waals surface area contributed by atoms with Crippen molar-refractivity contribution in [2.75, 3.05) is 20.4 Å². The molecule has 0 radical (unpaired) electrons. The van der Waals surface area contributed by atoms with Crippen LogP contribution in [-0.4, -0.2) is 25.4 Å². The smallest absolute Gasteiger partial charge is 0.256 e. The second-order valence-electron chi connectivity index (χ2n) is 2.20. The normalized spacial score (nSPS) is 9.77. The highest BCUT2D eigenvalue weighted by atomic mass is 79.9. The van der Waals surface area contributed by atoms with E-state index in [-0.39, 0.29) is 6.61 Å². The van der Waals surface area contributed by atoms with Gasteiger partial charge in [0.25, 0.3) is 5.88 Å². The van der Waals surface area contributed by atoms with Crippen LogP contribution in [0.5, 0.6) is 11.6 Å². The van der Waals surface area contributed by atoms with Crippen molar-refractivity contribution in [3.05, 3.63) is 16.7 Å². The molecule has 1 aromatic rings. The third-order valence-corrected chi connectivity index (χ3v) is 1.75. The van der Waals surface area contributed by atoms with Gasteiger partial charge in [0.05, 0.1) is 7.11 Å². The van der Waals surface area contributed by atoms with Gasteiger partial charge < -0.3 is 9.47 Å². The van der Waals surface area contributed by atoms with Crippen LogP contribution in [0.3, 0.4) is 0 Å². The fourth-order valence-electron chi connectivity index (χ4n) is 0.813. The van der Waals surface area contributed by atoms with Crippen molar-refractivity contribution in [2.45, 2.75) is 0 Å². The Kier molecular flexibility index (Phi) is 3.95. The molecule has 1 heterocycles. The number of hydrogen-bond donors (Lipinski definition) is 0. The SMILES string of the molecule is COc1ncc(Br)cc1OCCF. The molecule has 1 rings (SSSR count). The minimum Gasteiger partial charge on any atom is -0.485 e. The van der Waals surface area contributed by atoms with Crippen LogP contribution >= 0.6 is 15.9 Å². The standard InChI is InChI=1S/C8H9BrFNO2/c1-12-8-7(13-3-2-10)4-6(9)5-11-8/h4-5H,2-3H2,1H3. The Morgan fingerprint density at radius 3 is 3.00 bits per heavy atom. The van der Waals surface area contributed by atoms with Crippen molar-refractivity contribution in [1.82, 2.24) is 4.98 Å². The van der Waals surface area contributed by atoms with Gasteiger partial charge in [-0.2, -0.15) is 0 Å². The van der Waals surface area contributed by atoms with Gasteiger partial charge in [0, 0.05) is 16.7 Å². The topological polar surface area (TPSA) is 31.4 Å². The van der Waals surface area contributed by atoms with E-state index in [2.05, 4.69) is 20.9 Å². The number of nitrogens with zero attached hydrogens (tertiary/aromatic N) is 1. The van der Waals surface area contributed by atoms with Gasteiger partial charge >= 0.3 is 0 Å². The summed E-state index contributed by atoms with van der Waals surface area (Å²) in [6.07, 6.45) is 1.58. The van der Waals surface area contributed by atoms with E-state index in [0.29, 0.717) is 11.6 Å². The Morgan fingerprint density at radius 2 is 2.38 bits per heavy atom. The van der Waals surface area contributed by atoms with Crippen LogP contribution in [-0.2, 0) is 0 Å². The summed E-state index contributed by atoms with van der Waals surface area (Å²) < 4.78 is 22.6. The number of pyridine rings is 1. The first kappa shape index (κ1) is 10.2. The van der Waals surface area contributed by atoms with E-state index >= 15 is 0 Å². The van der Waals surface area contributed by atoms with Gasteiger partial charge in [-0.25, -0.2) is 9.37 Å². The van der Waals surface area contributed by atoms with Crippen molar-refractivity contribution in [3.8, 4) is 11.6 Å². The summed E-state index contributed by atoms with van der Waals surface area (Å²) in [6.45, 7) is -0.524. The highest BCUT2D eigenvalue weighted by Crippen LogP contribution is 2.27. The van der Waals surface area contributed by atoms with Crippen LogP contribution < -0.4 is 9.47 Å². The van der Waals surface area contributed by atoms with Gasteiger partial charge in [0.2, 0.25) is 0 Å². The molecule has 72 valence electrons. The van der Waals surface area contributed by atoms with E-state index in [4.69, 9.17) is 9.47 Å². The van der Waals surface area contributed by atoms with Crippen LogP contribution in [0, 0.1) is 0 Å². The molecule has 0 N–H and O–H groups in total. The average molecular weight is 250 g/mol. The number of ether oxygens (including phenoxy) is 2. The van der Waals surface area contributed by atoms with Gasteiger partial charge in [0.15, 0.2) is 5.75 Å². The van der Waals surface area contributed by atoms with Gasteiger partial charge in [-0.05, 0) is 15.9 Å². The molecule has 0 amide bonds. The number of methoxy groups -OCH3 is 1. The first-order valence-electron chi connectivity index (χ1n) is 3.66. The minimum absolute atomic E-state index is 0.00843. The van der Waals surface area contributed by atoms with E-state index in [1.807, 2.05) is 0 Å². The lowest BCUT2D eigenvalue weighted by Crippen LogP contribution is -2.01. The minimum atomic E-state index is -0.532. The third-order valence-electron chi connectivity index (χ3n) is 1.31. The molecule has 0 atom stereocenters. The number of halogens is 2. The van der Waals surface area contributed by atoms with Crippen LogP contribution in [0.25, 0.3) is 0 Å². The first-order valence-corrected chi connectivity index (χ1v) is 4.45. The number of hydrogen-bond acceptors (Lipinski definition) is 3. The maximum absolute atomic E-state index is 11.8. The summed E-state index contributed by atoms with van der Waals surface area (Å²) in [5.41, 5.74) is 0. The average Bonchev–Trinajstić information content (AvgIpc) is 2.15. The van der Waals surface area contributed by atoms with E-state index in [1.165, 1.54) is 7.11 Å². The molecule has 0 saturated carbocycles. The van der Waals surface area contributed by atoms with Crippen molar-refractivity contribution >= 4 is 15.9 Å².